The summed E-state index contributed by atoms with van der Waals surface area (Å²) >= 11 is 0. The van der Waals surface area contributed by atoms with E-state index in [1.807, 2.05) is 13.8 Å². The Balaban J connectivity index is 2.83. The van der Waals surface area contributed by atoms with E-state index in [1.54, 1.807) is 18.2 Å². The maximum Gasteiger partial charge on any atom is 0.318 e. The topological polar surface area (TPSA) is 111 Å². The molecule has 1 rings (SSSR count). The van der Waals surface area contributed by atoms with E-state index in [2.05, 4.69) is 5.32 Å². The number of amides is 3. The van der Waals surface area contributed by atoms with Crippen molar-refractivity contribution in [2.24, 2.45) is 5.73 Å². The third kappa shape index (κ3) is 5.54. The lowest BCUT2D eigenvalue weighted by molar-refractivity contribution is -0.146. The standard InChI is InChI=1S/C16H23N3O5/c1-3-23-13-7-6-12(10-14(13)24-4-2)18-15(21)16(22)19(11-20)9-5-8-17/h6-7,10-11H,3-5,8-9,17H2,1-2H3,(H,18,21). The van der Waals surface area contributed by atoms with Gasteiger partial charge < -0.3 is 20.5 Å². The zero-order chi connectivity index (χ0) is 17.9. The number of carbonyl (C=O) groups is 3. The second-order valence-corrected chi connectivity index (χ2v) is 4.73. The summed E-state index contributed by atoms with van der Waals surface area (Å²) in [6.07, 6.45) is 0.747. The number of hydrogen-bond acceptors (Lipinski definition) is 6. The van der Waals surface area contributed by atoms with Crippen molar-refractivity contribution in [1.82, 2.24) is 4.90 Å². The second-order valence-electron chi connectivity index (χ2n) is 4.73. The fourth-order valence-electron chi connectivity index (χ4n) is 1.91. The van der Waals surface area contributed by atoms with E-state index >= 15 is 0 Å². The minimum atomic E-state index is -0.940. The van der Waals surface area contributed by atoms with Crippen LogP contribution in [0.15, 0.2) is 18.2 Å². The van der Waals surface area contributed by atoms with Crippen molar-refractivity contribution >= 4 is 23.9 Å². The van der Waals surface area contributed by atoms with Crippen LogP contribution in [0.5, 0.6) is 11.5 Å². The van der Waals surface area contributed by atoms with Gasteiger partial charge in [-0.05, 0) is 38.9 Å². The van der Waals surface area contributed by atoms with Gasteiger partial charge in [-0.25, -0.2) is 0 Å². The van der Waals surface area contributed by atoms with Crippen LogP contribution in [0.25, 0.3) is 0 Å². The van der Waals surface area contributed by atoms with Crippen LogP contribution < -0.4 is 20.5 Å². The monoisotopic (exact) mass is 337 g/mol. The number of anilines is 1. The normalized spacial score (nSPS) is 9.96. The maximum atomic E-state index is 12.0. The third-order valence-electron chi connectivity index (χ3n) is 2.99. The number of nitrogens with two attached hydrogens (primary N) is 1. The van der Waals surface area contributed by atoms with Crippen molar-refractivity contribution in [2.75, 3.05) is 31.6 Å². The van der Waals surface area contributed by atoms with E-state index in [1.165, 1.54) is 0 Å². The summed E-state index contributed by atoms with van der Waals surface area (Å²) in [6, 6.07) is 4.79. The highest BCUT2D eigenvalue weighted by Gasteiger charge is 2.21. The van der Waals surface area contributed by atoms with Gasteiger partial charge >= 0.3 is 11.8 Å². The molecule has 0 atom stereocenters. The summed E-state index contributed by atoms with van der Waals surface area (Å²) in [7, 11) is 0. The van der Waals surface area contributed by atoms with Crippen LogP contribution in [-0.4, -0.2) is 49.4 Å². The van der Waals surface area contributed by atoms with Crippen molar-refractivity contribution < 1.29 is 23.9 Å². The van der Waals surface area contributed by atoms with Crippen molar-refractivity contribution in [3.05, 3.63) is 18.2 Å². The minimum Gasteiger partial charge on any atom is -0.490 e. The van der Waals surface area contributed by atoms with Gasteiger partial charge in [0, 0.05) is 18.3 Å². The van der Waals surface area contributed by atoms with Crippen molar-refractivity contribution in [1.29, 1.82) is 0 Å². The number of hydrogen-bond donors (Lipinski definition) is 2. The van der Waals surface area contributed by atoms with Crippen LogP contribution in [0, 0.1) is 0 Å². The third-order valence-corrected chi connectivity index (χ3v) is 2.99. The molecular formula is C16H23N3O5. The molecule has 0 unspecified atom stereocenters. The smallest absolute Gasteiger partial charge is 0.318 e. The Labute approximate surface area is 140 Å². The van der Waals surface area contributed by atoms with E-state index in [0.29, 0.717) is 49.8 Å². The Bertz CT molecular complexity index is 577. The highest BCUT2D eigenvalue weighted by Crippen LogP contribution is 2.30. The number of nitrogens with zero attached hydrogens (tertiary/aromatic N) is 1. The van der Waals surface area contributed by atoms with Gasteiger partial charge in [0.1, 0.15) is 0 Å². The van der Waals surface area contributed by atoms with E-state index < -0.39 is 11.8 Å². The molecule has 8 nitrogen and oxygen atoms in total. The Morgan fingerprint density at radius 3 is 2.46 bits per heavy atom. The predicted molar refractivity (Wildman–Crippen MR) is 88.9 cm³/mol. The number of imide groups is 1. The van der Waals surface area contributed by atoms with Crippen LogP contribution in [0.4, 0.5) is 5.69 Å². The second kappa shape index (κ2) is 10.2. The Morgan fingerprint density at radius 1 is 1.21 bits per heavy atom. The molecule has 8 heteroatoms. The first-order chi connectivity index (χ1) is 11.6. The van der Waals surface area contributed by atoms with Crippen LogP contribution in [0.2, 0.25) is 0 Å². The molecule has 3 N–H and O–H groups in total. The molecule has 132 valence electrons. The molecule has 0 fully saturated rings. The molecule has 0 saturated carbocycles. The first kappa shape index (κ1) is 19.4. The number of rotatable bonds is 9. The molecule has 0 spiro atoms. The summed E-state index contributed by atoms with van der Waals surface area (Å²) in [5, 5.41) is 2.45. The molecule has 0 radical (unpaired) electrons. The summed E-state index contributed by atoms with van der Waals surface area (Å²) in [5.41, 5.74) is 5.70. The average Bonchev–Trinajstić information content (AvgIpc) is 2.58. The molecule has 0 aromatic heterocycles. The predicted octanol–water partition coefficient (Wildman–Crippen LogP) is 0.756. The van der Waals surface area contributed by atoms with Gasteiger partial charge in [0.2, 0.25) is 6.41 Å². The van der Waals surface area contributed by atoms with E-state index in [-0.39, 0.29) is 6.54 Å². The van der Waals surface area contributed by atoms with Gasteiger partial charge in [-0.15, -0.1) is 0 Å². The molecule has 0 bridgehead atoms. The number of nitrogens with one attached hydrogen (secondary N) is 1. The summed E-state index contributed by atoms with van der Waals surface area (Å²) in [5.74, 6) is -0.850. The maximum absolute atomic E-state index is 12.0. The van der Waals surface area contributed by atoms with E-state index in [4.69, 9.17) is 15.2 Å². The largest absolute Gasteiger partial charge is 0.490 e. The van der Waals surface area contributed by atoms with Gasteiger partial charge in [0.15, 0.2) is 11.5 Å². The van der Waals surface area contributed by atoms with Crippen LogP contribution >= 0.6 is 0 Å². The Morgan fingerprint density at radius 2 is 1.88 bits per heavy atom. The van der Waals surface area contributed by atoms with Crippen molar-refractivity contribution in [3.8, 4) is 11.5 Å². The molecule has 1 aromatic carbocycles. The van der Waals surface area contributed by atoms with E-state index in [9.17, 15) is 14.4 Å². The average molecular weight is 337 g/mol. The lowest BCUT2D eigenvalue weighted by Crippen LogP contribution is -2.39. The van der Waals surface area contributed by atoms with Crippen molar-refractivity contribution in [3.63, 3.8) is 0 Å². The molecular weight excluding hydrogens is 314 g/mol. The summed E-state index contributed by atoms with van der Waals surface area (Å²) in [4.78, 5) is 35.6. The van der Waals surface area contributed by atoms with Crippen LogP contribution in [-0.2, 0) is 14.4 Å². The summed E-state index contributed by atoms with van der Waals surface area (Å²) < 4.78 is 10.9. The van der Waals surface area contributed by atoms with Crippen LogP contribution in [0.1, 0.15) is 20.3 Å². The number of carbonyl (C=O) groups excluding carboxylic acids is 3. The SMILES string of the molecule is CCOc1ccc(NC(=O)C(=O)N(C=O)CCCN)cc1OCC. The Hall–Kier alpha value is -2.61. The first-order valence-electron chi connectivity index (χ1n) is 7.74. The van der Waals surface area contributed by atoms with Gasteiger partial charge in [0.05, 0.1) is 13.2 Å². The highest BCUT2D eigenvalue weighted by molar-refractivity contribution is 6.41. The fraction of sp³-hybridized carbons (Fsp3) is 0.438. The molecule has 0 saturated heterocycles. The molecule has 0 aliphatic heterocycles. The fourth-order valence-corrected chi connectivity index (χ4v) is 1.91. The number of ether oxygens (including phenoxy) is 2. The number of benzene rings is 1. The molecule has 0 aliphatic carbocycles. The van der Waals surface area contributed by atoms with Crippen molar-refractivity contribution in [2.45, 2.75) is 20.3 Å². The zero-order valence-electron chi connectivity index (χ0n) is 13.9. The minimum absolute atomic E-state index is 0.0970. The first-order valence-corrected chi connectivity index (χ1v) is 7.74. The highest BCUT2D eigenvalue weighted by atomic mass is 16.5. The Kier molecular flexibility index (Phi) is 8.28. The van der Waals surface area contributed by atoms with Crippen LogP contribution in [0.3, 0.4) is 0 Å². The molecule has 0 aliphatic rings. The quantitative estimate of drug-likeness (QED) is 0.508. The zero-order valence-corrected chi connectivity index (χ0v) is 13.9. The summed E-state index contributed by atoms with van der Waals surface area (Å²) in [6.45, 7) is 4.98. The van der Waals surface area contributed by atoms with Gasteiger partial charge in [-0.2, -0.15) is 0 Å². The van der Waals surface area contributed by atoms with Gasteiger partial charge in [0.25, 0.3) is 0 Å². The van der Waals surface area contributed by atoms with Gasteiger partial charge in [-0.3, -0.25) is 19.3 Å². The molecule has 1 aromatic rings. The van der Waals surface area contributed by atoms with E-state index in [0.717, 1.165) is 4.90 Å². The molecule has 0 heterocycles. The lowest BCUT2D eigenvalue weighted by Gasteiger charge is -2.15. The lowest BCUT2D eigenvalue weighted by atomic mass is 10.2. The molecule has 3 amide bonds. The molecule has 24 heavy (non-hydrogen) atoms. The van der Waals surface area contributed by atoms with Gasteiger partial charge in [-0.1, -0.05) is 0 Å².